The molecular weight excluding hydrogens is 540 g/mol. The molecule has 0 aliphatic carbocycles. The van der Waals surface area contributed by atoms with Crippen molar-refractivity contribution in [3.63, 3.8) is 0 Å². The Balaban J connectivity index is 1.60. The van der Waals surface area contributed by atoms with Crippen molar-refractivity contribution in [2.45, 2.75) is 32.2 Å². The Hall–Kier alpha value is -4.32. The van der Waals surface area contributed by atoms with Gasteiger partial charge >= 0.3 is 6.18 Å². The maximum absolute atomic E-state index is 13.9. The number of rotatable bonds is 8. The maximum atomic E-state index is 13.9. The highest BCUT2D eigenvalue weighted by atomic mass is 35.5. The molecule has 4 aromatic rings. The van der Waals surface area contributed by atoms with Gasteiger partial charge in [-0.25, -0.2) is 4.39 Å². The van der Waals surface area contributed by atoms with Crippen LogP contribution >= 0.6 is 11.6 Å². The molecule has 1 atom stereocenters. The number of carbonyl (C=O) groups excluding carboxylic acids is 2. The molecule has 0 saturated carbocycles. The predicted octanol–water partition coefficient (Wildman–Crippen LogP) is 4.89. The van der Waals surface area contributed by atoms with Crippen LogP contribution in [0.5, 0.6) is 0 Å². The number of amides is 2. The van der Waals surface area contributed by atoms with Crippen LogP contribution in [0.3, 0.4) is 0 Å². The number of hydrogen-bond acceptors (Lipinski definition) is 5. The molecule has 0 radical (unpaired) electrons. The summed E-state index contributed by atoms with van der Waals surface area (Å²) in [6, 6.07) is 14.9. The van der Waals surface area contributed by atoms with Gasteiger partial charge in [0.2, 0.25) is 11.7 Å². The fourth-order valence-electron chi connectivity index (χ4n) is 3.76. The highest BCUT2D eigenvalue weighted by Gasteiger charge is 2.38. The molecular formula is C26H21ClF4N6O2. The Morgan fingerprint density at radius 1 is 1.03 bits per heavy atom. The molecule has 39 heavy (non-hydrogen) atoms. The molecule has 0 aliphatic heterocycles. The van der Waals surface area contributed by atoms with E-state index >= 15 is 0 Å². The number of carbonyl (C=O) groups is 2. The zero-order chi connectivity index (χ0) is 28.2. The summed E-state index contributed by atoms with van der Waals surface area (Å²) in [6.45, 7) is 0.683. The summed E-state index contributed by atoms with van der Waals surface area (Å²) in [5, 5.41) is 14.9. The largest absolute Gasteiger partial charge is 0.418 e. The highest BCUT2D eigenvalue weighted by Crippen LogP contribution is 2.37. The van der Waals surface area contributed by atoms with Crippen LogP contribution in [-0.2, 0) is 28.9 Å². The molecule has 4 rings (SSSR count). The van der Waals surface area contributed by atoms with E-state index in [0.29, 0.717) is 16.1 Å². The number of benzene rings is 3. The minimum Gasteiger partial charge on any atom is -0.350 e. The summed E-state index contributed by atoms with van der Waals surface area (Å²) in [5.74, 6) is -1.89. The first-order valence-corrected chi connectivity index (χ1v) is 11.9. The standard InChI is InChI=1S/C26H21ClF4N6O2/c1-16(25(39)32-14-17-6-12-20(28)13-7-17)37(22-5-3-2-4-21(22)26(29,30)31)23(38)15-36-34-24(33-35-36)18-8-10-19(27)11-9-18/h2-13,16H,14-15H2,1H3,(H,32,39). The minimum absolute atomic E-state index is 0.0263. The van der Waals surface area contributed by atoms with E-state index in [2.05, 4.69) is 20.7 Å². The van der Waals surface area contributed by atoms with Gasteiger partial charge in [0.05, 0.1) is 11.3 Å². The van der Waals surface area contributed by atoms with E-state index in [-0.39, 0.29) is 12.4 Å². The average Bonchev–Trinajstić information content (AvgIpc) is 3.36. The monoisotopic (exact) mass is 560 g/mol. The van der Waals surface area contributed by atoms with Crippen molar-refractivity contribution in [1.29, 1.82) is 0 Å². The number of para-hydroxylation sites is 1. The van der Waals surface area contributed by atoms with Gasteiger partial charge in [-0.05, 0) is 66.2 Å². The minimum atomic E-state index is -4.80. The zero-order valence-electron chi connectivity index (χ0n) is 20.4. The van der Waals surface area contributed by atoms with E-state index in [1.54, 1.807) is 24.3 Å². The number of tetrazole rings is 1. The van der Waals surface area contributed by atoms with E-state index in [4.69, 9.17) is 11.6 Å². The van der Waals surface area contributed by atoms with Gasteiger partial charge in [-0.2, -0.15) is 18.0 Å². The molecule has 8 nitrogen and oxygen atoms in total. The molecule has 1 N–H and O–H groups in total. The lowest BCUT2D eigenvalue weighted by atomic mass is 10.1. The Morgan fingerprint density at radius 3 is 2.36 bits per heavy atom. The molecule has 1 heterocycles. The SMILES string of the molecule is CC(C(=O)NCc1ccc(F)cc1)N(C(=O)Cn1nnc(-c2ccc(Cl)cc2)n1)c1ccccc1C(F)(F)F. The quantitative estimate of drug-likeness (QED) is 0.310. The lowest BCUT2D eigenvalue weighted by Crippen LogP contribution is -2.50. The smallest absolute Gasteiger partial charge is 0.350 e. The fourth-order valence-corrected chi connectivity index (χ4v) is 3.89. The fraction of sp³-hybridized carbons (Fsp3) is 0.192. The first-order valence-electron chi connectivity index (χ1n) is 11.6. The maximum Gasteiger partial charge on any atom is 0.418 e. The number of aromatic nitrogens is 4. The Kier molecular flexibility index (Phi) is 8.24. The molecule has 1 unspecified atom stereocenters. The first-order chi connectivity index (χ1) is 18.5. The normalized spacial score (nSPS) is 12.2. The van der Waals surface area contributed by atoms with Gasteiger partial charge < -0.3 is 5.32 Å². The van der Waals surface area contributed by atoms with Gasteiger partial charge in [0.15, 0.2) is 0 Å². The van der Waals surface area contributed by atoms with Gasteiger partial charge in [0.25, 0.3) is 5.91 Å². The van der Waals surface area contributed by atoms with Crippen LogP contribution in [0.15, 0.2) is 72.8 Å². The highest BCUT2D eigenvalue weighted by molar-refractivity contribution is 6.30. The molecule has 0 saturated heterocycles. The van der Waals surface area contributed by atoms with Gasteiger partial charge in [-0.15, -0.1) is 10.2 Å². The van der Waals surface area contributed by atoms with Crippen LogP contribution in [0.2, 0.25) is 5.02 Å². The van der Waals surface area contributed by atoms with E-state index in [0.717, 1.165) is 21.8 Å². The molecule has 202 valence electrons. The second-order valence-electron chi connectivity index (χ2n) is 8.45. The molecule has 13 heteroatoms. The molecule has 1 aromatic heterocycles. The number of halogens is 5. The number of anilines is 1. The van der Waals surface area contributed by atoms with Crippen molar-refractivity contribution in [3.8, 4) is 11.4 Å². The average molecular weight is 561 g/mol. The number of nitrogens with zero attached hydrogens (tertiary/aromatic N) is 5. The summed E-state index contributed by atoms with van der Waals surface area (Å²) in [5.41, 5.74) is -0.472. The van der Waals surface area contributed by atoms with Gasteiger partial charge in [0, 0.05) is 17.1 Å². The number of nitrogens with one attached hydrogen (secondary N) is 1. The van der Waals surface area contributed by atoms with E-state index in [1.165, 1.54) is 43.3 Å². The van der Waals surface area contributed by atoms with Crippen molar-refractivity contribution in [1.82, 2.24) is 25.5 Å². The van der Waals surface area contributed by atoms with Crippen LogP contribution < -0.4 is 10.2 Å². The van der Waals surface area contributed by atoms with Gasteiger partial charge in [-0.1, -0.05) is 35.9 Å². The van der Waals surface area contributed by atoms with Crippen molar-refractivity contribution >= 4 is 29.1 Å². The summed E-state index contributed by atoms with van der Waals surface area (Å²) < 4.78 is 54.8. The van der Waals surface area contributed by atoms with Crippen molar-refractivity contribution < 1.29 is 27.2 Å². The van der Waals surface area contributed by atoms with Crippen molar-refractivity contribution in [2.24, 2.45) is 0 Å². The van der Waals surface area contributed by atoms with Crippen LogP contribution in [0.25, 0.3) is 11.4 Å². The molecule has 2 amide bonds. The zero-order valence-corrected chi connectivity index (χ0v) is 21.1. The van der Waals surface area contributed by atoms with Gasteiger partial charge in [-0.3, -0.25) is 14.5 Å². The van der Waals surface area contributed by atoms with Crippen molar-refractivity contribution in [3.05, 3.63) is 94.8 Å². The lowest BCUT2D eigenvalue weighted by molar-refractivity contribution is -0.137. The third-order valence-corrected chi connectivity index (χ3v) is 5.97. The number of hydrogen-bond donors (Lipinski definition) is 1. The van der Waals surface area contributed by atoms with Crippen LogP contribution in [0.1, 0.15) is 18.1 Å². The Bertz CT molecular complexity index is 1460. The third-order valence-electron chi connectivity index (χ3n) is 5.72. The number of alkyl halides is 3. The summed E-state index contributed by atoms with van der Waals surface area (Å²) >= 11 is 5.89. The second-order valence-corrected chi connectivity index (χ2v) is 8.89. The van der Waals surface area contributed by atoms with Crippen molar-refractivity contribution in [2.75, 3.05) is 4.90 Å². The molecule has 0 fully saturated rings. The third kappa shape index (κ3) is 6.77. The Labute approximate surface area is 225 Å². The van der Waals surface area contributed by atoms with Crippen LogP contribution in [0, 0.1) is 5.82 Å². The van der Waals surface area contributed by atoms with E-state index in [9.17, 15) is 27.2 Å². The second kappa shape index (κ2) is 11.6. The molecule has 0 aliphatic rings. The summed E-state index contributed by atoms with van der Waals surface area (Å²) in [7, 11) is 0. The topological polar surface area (TPSA) is 93.0 Å². The van der Waals surface area contributed by atoms with Crippen LogP contribution in [-0.4, -0.2) is 38.1 Å². The molecule has 0 spiro atoms. The van der Waals surface area contributed by atoms with Gasteiger partial charge in [0.1, 0.15) is 18.4 Å². The van der Waals surface area contributed by atoms with E-state index < -0.39 is 47.6 Å². The van der Waals surface area contributed by atoms with Crippen LogP contribution in [0.4, 0.5) is 23.2 Å². The lowest BCUT2D eigenvalue weighted by Gasteiger charge is -2.30. The first kappa shape index (κ1) is 27.7. The van der Waals surface area contributed by atoms with E-state index in [1.807, 2.05) is 0 Å². The summed E-state index contributed by atoms with van der Waals surface area (Å²) in [6.07, 6.45) is -4.80. The Morgan fingerprint density at radius 2 is 1.69 bits per heavy atom. The molecule has 3 aromatic carbocycles. The molecule has 0 bridgehead atoms. The predicted molar refractivity (Wildman–Crippen MR) is 135 cm³/mol. The summed E-state index contributed by atoms with van der Waals surface area (Å²) in [4.78, 5) is 28.1.